The predicted molar refractivity (Wildman–Crippen MR) is 146 cm³/mol. The van der Waals surface area contributed by atoms with Crippen molar-refractivity contribution in [1.82, 2.24) is 9.13 Å². The van der Waals surface area contributed by atoms with E-state index in [0.29, 0.717) is 0 Å². The van der Waals surface area contributed by atoms with E-state index >= 15 is 0 Å². The average molecular weight is 507 g/mol. The second-order valence-electron chi connectivity index (χ2n) is 8.10. The molecule has 0 N–H and O–H groups in total. The molecule has 4 rings (SSSR count). The summed E-state index contributed by atoms with van der Waals surface area (Å²) >= 11 is 3.45. The van der Waals surface area contributed by atoms with Gasteiger partial charge in [0, 0.05) is 33.9 Å². The molecular weight excluding hydrogens is 484 g/mol. The van der Waals surface area contributed by atoms with Crippen LogP contribution in [0.25, 0.3) is 42.7 Å². The van der Waals surface area contributed by atoms with Gasteiger partial charge < -0.3 is 9.13 Å². The Kier molecular flexibility index (Phi) is 7.53. The lowest BCUT2D eigenvalue weighted by Gasteiger charge is -2.10. The van der Waals surface area contributed by atoms with Crippen molar-refractivity contribution in [2.75, 3.05) is 0 Å². The summed E-state index contributed by atoms with van der Waals surface area (Å²) in [5.74, 6) is 0. The largest absolute Gasteiger partial charge is 0.340 e. The van der Waals surface area contributed by atoms with Crippen molar-refractivity contribution in [3.63, 3.8) is 0 Å². The summed E-state index contributed by atoms with van der Waals surface area (Å²) in [5, 5.41) is 36.6. The molecule has 0 radical (unpaired) electrons. The van der Waals surface area contributed by atoms with Crippen LogP contribution in [0.3, 0.4) is 0 Å². The first kappa shape index (κ1) is 24.8. The van der Waals surface area contributed by atoms with Crippen LogP contribution in [0.5, 0.6) is 0 Å². The first-order valence-corrected chi connectivity index (χ1v) is 13.2. The van der Waals surface area contributed by atoms with Crippen molar-refractivity contribution in [2.24, 2.45) is 0 Å². The maximum absolute atomic E-state index is 9.16. The van der Waals surface area contributed by atoms with Crippen molar-refractivity contribution < 1.29 is 0 Å². The molecule has 0 aromatic carbocycles. The topological polar surface area (TPSA) is 105 Å². The zero-order valence-corrected chi connectivity index (χ0v) is 21.6. The quantitative estimate of drug-likeness (QED) is 0.230. The molecule has 8 heteroatoms. The summed E-state index contributed by atoms with van der Waals surface area (Å²) in [6.45, 7) is 5.81. The Labute approximate surface area is 218 Å². The van der Waals surface area contributed by atoms with Crippen LogP contribution < -0.4 is 0 Å². The van der Waals surface area contributed by atoms with Crippen LogP contribution in [-0.4, -0.2) is 9.13 Å². The normalized spacial score (nSPS) is 10.3. The van der Waals surface area contributed by atoms with Crippen LogP contribution in [0, 0.1) is 45.3 Å². The van der Waals surface area contributed by atoms with Crippen molar-refractivity contribution in [3.8, 4) is 45.4 Å². The van der Waals surface area contributed by atoms with Gasteiger partial charge >= 0.3 is 0 Å². The van der Waals surface area contributed by atoms with Gasteiger partial charge in [0.15, 0.2) is 0 Å². The number of aromatic nitrogens is 2. The van der Waals surface area contributed by atoms with E-state index in [1.807, 2.05) is 36.4 Å². The van der Waals surface area contributed by atoms with Crippen LogP contribution in [0.4, 0.5) is 0 Å². The summed E-state index contributed by atoms with van der Waals surface area (Å²) in [6, 6.07) is 20.2. The fourth-order valence-corrected chi connectivity index (χ4v) is 6.62. The number of rotatable bonds is 8. The van der Waals surface area contributed by atoms with E-state index in [9.17, 15) is 0 Å². The molecule has 0 unspecified atom stereocenters. The maximum atomic E-state index is 9.16. The minimum Gasteiger partial charge on any atom is -0.340 e. The minimum atomic E-state index is 0.0924. The van der Waals surface area contributed by atoms with Gasteiger partial charge in [0.05, 0.1) is 21.1 Å². The maximum Gasteiger partial charge on any atom is 0.131 e. The fourth-order valence-electron chi connectivity index (χ4n) is 4.16. The molecule has 4 aromatic rings. The summed E-state index contributed by atoms with van der Waals surface area (Å²) in [4.78, 5) is 2.29. The third kappa shape index (κ3) is 4.74. The zero-order valence-electron chi connectivity index (χ0n) is 19.9. The van der Waals surface area contributed by atoms with Crippen LogP contribution in [0.1, 0.15) is 38.1 Å². The molecule has 0 bridgehead atoms. The third-order valence-electron chi connectivity index (χ3n) is 5.70. The summed E-state index contributed by atoms with van der Waals surface area (Å²) in [7, 11) is 0. The van der Waals surface area contributed by atoms with E-state index in [-0.39, 0.29) is 11.1 Å². The average Bonchev–Trinajstić information content (AvgIpc) is 3.64. The second kappa shape index (κ2) is 10.9. The van der Waals surface area contributed by atoms with E-state index in [2.05, 4.69) is 47.2 Å². The lowest BCUT2D eigenvalue weighted by Crippen LogP contribution is -2.01. The van der Waals surface area contributed by atoms with E-state index in [0.717, 1.165) is 58.5 Å². The number of nitriles is 4. The van der Waals surface area contributed by atoms with Crippen molar-refractivity contribution in [1.29, 1.82) is 21.0 Å². The lowest BCUT2D eigenvalue weighted by atomic mass is 10.2. The van der Waals surface area contributed by atoms with E-state index in [1.165, 1.54) is 9.40 Å². The van der Waals surface area contributed by atoms with Crippen LogP contribution in [0.15, 0.2) is 47.5 Å². The van der Waals surface area contributed by atoms with E-state index < -0.39 is 0 Å². The molecule has 0 amide bonds. The Morgan fingerprint density at radius 1 is 0.694 bits per heavy atom. The summed E-state index contributed by atoms with van der Waals surface area (Å²) in [6.07, 6.45) is 5.16. The number of allylic oxidation sites excluding steroid dienone is 2. The first-order valence-electron chi connectivity index (χ1n) is 11.5. The molecule has 6 nitrogen and oxygen atoms in total. The molecule has 0 aliphatic carbocycles. The number of hydrogen-bond donors (Lipinski definition) is 0. The highest BCUT2D eigenvalue weighted by Gasteiger charge is 2.17. The molecule has 0 fully saturated rings. The Morgan fingerprint density at radius 3 is 1.42 bits per heavy atom. The molecule has 176 valence electrons. The van der Waals surface area contributed by atoms with Crippen molar-refractivity contribution >= 4 is 44.2 Å². The standard InChI is InChI=1S/C28H22N6S2/c1-3-9-33-21(11-19(15-29)16-30)5-7-23(33)25-13-27-28(35-25)14-26(36-27)24-8-6-22(34(24)10-4-2)12-20(17-31)18-32/h5-8,11-14H,3-4,9-10H2,1-2H3. The van der Waals surface area contributed by atoms with E-state index in [4.69, 9.17) is 21.0 Å². The van der Waals surface area contributed by atoms with Crippen molar-refractivity contribution in [2.45, 2.75) is 39.8 Å². The number of hydrogen-bond acceptors (Lipinski definition) is 6. The molecule has 36 heavy (non-hydrogen) atoms. The van der Waals surface area contributed by atoms with Gasteiger partial charge in [-0.05, 0) is 61.4 Å². The molecule has 0 aliphatic rings. The summed E-state index contributed by atoms with van der Waals surface area (Å²) in [5.41, 5.74) is 4.06. The minimum absolute atomic E-state index is 0.0924. The van der Waals surface area contributed by atoms with Gasteiger partial charge in [0.1, 0.15) is 35.4 Å². The Balaban J connectivity index is 1.74. The first-order chi connectivity index (χ1) is 17.6. The van der Waals surface area contributed by atoms with Gasteiger partial charge in [-0.1, -0.05) is 13.8 Å². The molecule has 0 aliphatic heterocycles. The molecule has 4 heterocycles. The van der Waals surface area contributed by atoms with Gasteiger partial charge in [0.25, 0.3) is 0 Å². The zero-order chi connectivity index (χ0) is 25.7. The highest BCUT2D eigenvalue weighted by Crippen LogP contribution is 2.42. The molecule has 0 saturated heterocycles. The molecular formula is C28H22N6S2. The van der Waals surface area contributed by atoms with Crippen molar-refractivity contribution in [3.05, 3.63) is 58.9 Å². The molecule has 4 aromatic heterocycles. The number of fused-ring (bicyclic) bond motifs is 1. The van der Waals surface area contributed by atoms with E-state index in [1.54, 1.807) is 34.8 Å². The summed E-state index contributed by atoms with van der Waals surface area (Å²) < 4.78 is 6.71. The highest BCUT2D eigenvalue weighted by molar-refractivity contribution is 7.31. The van der Waals surface area contributed by atoms with Gasteiger partial charge in [-0.15, -0.1) is 22.7 Å². The van der Waals surface area contributed by atoms with Crippen LogP contribution in [0.2, 0.25) is 0 Å². The molecule has 0 atom stereocenters. The van der Waals surface area contributed by atoms with Gasteiger partial charge in [-0.2, -0.15) is 21.0 Å². The molecule has 0 spiro atoms. The third-order valence-corrected chi connectivity index (χ3v) is 8.04. The van der Waals surface area contributed by atoms with Gasteiger partial charge in [-0.25, -0.2) is 0 Å². The highest BCUT2D eigenvalue weighted by atomic mass is 32.1. The number of thiophene rings is 2. The second-order valence-corrected chi connectivity index (χ2v) is 10.3. The Hall–Kier alpha value is -4.34. The number of nitrogens with zero attached hydrogens (tertiary/aromatic N) is 6. The van der Waals surface area contributed by atoms with Gasteiger partial charge in [0.2, 0.25) is 0 Å². The SMILES string of the molecule is CCCn1c(C=C(C#N)C#N)ccc1-c1cc2sc(-c3ccc(C=C(C#N)C#N)n3CCC)cc2s1. The Morgan fingerprint density at radius 2 is 1.08 bits per heavy atom. The smallest absolute Gasteiger partial charge is 0.131 e. The monoisotopic (exact) mass is 506 g/mol. The van der Waals surface area contributed by atoms with Crippen LogP contribution in [-0.2, 0) is 13.1 Å². The van der Waals surface area contributed by atoms with Gasteiger partial charge in [-0.3, -0.25) is 0 Å². The predicted octanol–water partition coefficient (Wildman–Crippen LogP) is 7.58. The molecule has 0 saturated carbocycles. The van der Waals surface area contributed by atoms with Crippen LogP contribution >= 0.6 is 22.7 Å². The lowest BCUT2D eigenvalue weighted by molar-refractivity contribution is 0.685. The Bertz CT molecular complexity index is 1470. The fraction of sp³-hybridized carbons (Fsp3) is 0.214.